The van der Waals surface area contributed by atoms with E-state index in [0.717, 1.165) is 25.9 Å². The zero-order chi connectivity index (χ0) is 19.4. The van der Waals surface area contributed by atoms with Gasteiger partial charge in [-0.15, -0.1) is 0 Å². The summed E-state index contributed by atoms with van der Waals surface area (Å²) in [5.74, 6) is 0.739. The molecule has 1 aliphatic rings. The summed E-state index contributed by atoms with van der Waals surface area (Å²) < 4.78 is 4.84. The minimum atomic E-state index is -0.422. The quantitative estimate of drug-likeness (QED) is 0.773. The van der Waals surface area contributed by atoms with Crippen LogP contribution in [-0.4, -0.2) is 61.2 Å². The van der Waals surface area contributed by atoms with Crippen molar-refractivity contribution >= 4 is 29.0 Å². The van der Waals surface area contributed by atoms with E-state index in [1.54, 1.807) is 18.2 Å². The Balaban J connectivity index is 1.85. The molecule has 8 heteroatoms. The molecule has 1 saturated heterocycles. The van der Waals surface area contributed by atoms with Crippen LogP contribution in [0.2, 0.25) is 0 Å². The molecule has 3 rings (SSSR count). The lowest BCUT2D eigenvalue weighted by molar-refractivity contribution is 0.0602. The highest BCUT2D eigenvalue weighted by Crippen LogP contribution is 2.31. The summed E-state index contributed by atoms with van der Waals surface area (Å²) in [7, 11) is 5.50. The van der Waals surface area contributed by atoms with Gasteiger partial charge in [-0.25, -0.2) is 14.8 Å². The Morgan fingerprint density at radius 1 is 1.30 bits per heavy atom. The number of benzene rings is 1. The van der Waals surface area contributed by atoms with Gasteiger partial charge in [0.05, 0.1) is 18.4 Å². The largest absolute Gasteiger partial charge is 0.465 e. The number of hydrogen-bond acceptors (Lipinski definition) is 8. The summed E-state index contributed by atoms with van der Waals surface area (Å²) in [6, 6.07) is 7.47. The van der Waals surface area contributed by atoms with Crippen LogP contribution in [0.5, 0.6) is 0 Å². The fourth-order valence-corrected chi connectivity index (χ4v) is 3.33. The minimum Gasteiger partial charge on any atom is -0.465 e. The summed E-state index contributed by atoms with van der Waals surface area (Å²) in [6.07, 6.45) is 3.61. The van der Waals surface area contributed by atoms with E-state index >= 15 is 0 Å². The number of nitrogens with two attached hydrogens (primary N) is 1. The van der Waals surface area contributed by atoms with E-state index in [1.165, 1.54) is 13.4 Å². The molecule has 144 valence electrons. The summed E-state index contributed by atoms with van der Waals surface area (Å²) in [5, 5.41) is 3.15. The van der Waals surface area contributed by atoms with E-state index in [1.807, 2.05) is 13.1 Å². The molecule has 2 aromatic rings. The zero-order valence-corrected chi connectivity index (χ0v) is 16.0. The van der Waals surface area contributed by atoms with E-state index in [9.17, 15) is 4.79 Å². The zero-order valence-electron chi connectivity index (χ0n) is 16.0. The Kier molecular flexibility index (Phi) is 5.75. The van der Waals surface area contributed by atoms with Gasteiger partial charge < -0.3 is 25.6 Å². The minimum absolute atomic E-state index is 0.383. The van der Waals surface area contributed by atoms with Crippen molar-refractivity contribution < 1.29 is 9.53 Å². The molecule has 0 unspecified atom stereocenters. The molecule has 3 N–H and O–H groups in total. The summed E-state index contributed by atoms with van der Waals surface area (Å²) in [5.41, 5.74) is 7.83. The summed E-state index contributed by atoms with van der Waals surface area (Å²) in [6.45, 7) is 2.11. The number of anilines is 4. The van der Waals surface area contributed by atoms with Gasteiger partial charge in [-0.2, -0.15) is 0 Å². The van der Waals surface area contributed by atoms with E-state index < -0.39 is 5.97 Å². The molecule has 0 atom stereocenters. The monoisotopic (exact) mass is 370 g/mol. The molecule has 0 radical (unpaired) electrons. The molecule has 0 bridgehead atoms. The average Bonchev–Trinajstić information content (AvgIpc) is 2.69. The SMILES string of the molecule is COC(=O)c1ccccc1Nc1ncnc(N(C)C2CCN(C)CC2)c1N. The number of ether oxygens (including phenoxy) is 1. The van der Waals surface area contributed by atoms with E-state index in [2.05, 4.69) is 32.1 Å². The molecule has 27 heavy (non-hydrogen) atoms. The number of hydrogen-bond donors (Lipinski definition) is 2. The number of nitrogens with one attached hydrogen (secondary N) is 1. The predicted molar refractivity (Wildman–Crippen MR) is 106 cm³/mol. The molecular formula is C19H26N6O2. The molecule has 0 spiro atoms. The van der Waals surface area contributed by atoms with Gasteiger partial charge >= 0.3 is 5.97 Å². The van der Waals surface area contributed by atoms with Gasteiger partial charge in [0.25, 0.3) is 0 Å². The highest BCUT2D eigenvalue weighted by molar-refractivity contribution is 5.97. The molecule has 0 aliphatic carbocycles. The van der Waals surface area contributed by atoms with Crippen LogP contribution in [0.4, 0.5) is 23.0 Å². The number of likely N-dealkylation sites (tertiary alicyclic amines) is 1. The van der Waals surface area contributed by atoms with Gasteiger partial charge in [0, 0.05) is 13.1 Å². The Bertz CT molecular complexity index is 805. The average molecular weight is 370 g/mol. The van der Waals surface area contributed by atoms with E-state index in [0.29, 0.717) is 34.6 Å². The molecule has 1 fully saturated rings. The van der Waals surface area contributed by atoms with Crippen LogP contribution < -0.4 is 16.0 Å². The Morgan fingerprint density at radius 3 is 2.70 bits per heavy atom. The summed E-state index contributed by atoms with van der Waals surface area (Å²) >= 11 is 0. The molecule has 2 heterocycles. The Hall–Kier alpha value is -2.87. The van der Waals surface area contributed by atoms with Crippen molar-refractivity contribution in [2.45, 2.75) is 18.9 Å². The first-order chi connectivity index (χ1) is 13.0. The number of nitrogens with zero attached hydrogens (tertiary/aromatic N) is 4. The molecule has 1 aromatic heterocycles. The first-order valence-corrected chi connectivity index (χ1v) is 8.97. The summed E-state index contributed by atoms with van der Waals surface area (Å²) in [4.78, 5) is 25.1. The smallest absolute Gasteiger partial charge is 0.339 e. The second-order valence-corrected chi connectivity index (χ2v) is 6.77. The van der Waals surface area contributed by atoms with Gasteiger partial charge in [-0.1, -0.05) is 12.1 Å². The third-order valence-corrected chi connectivity index (χ3v) is 5.02. The number of piperidine rings is 1. The molecule has 1 aliphatic heterocycles. The lowest BCUT2D eigenvalue weighted by atomic mass is 10.0. The number of esters is 1. The lowest BCUT2D eigenvalue weighted by Gasteiger charge is -2.36. The van der Waals surface area contributed by atoms with Crippen molar-refractivity contribution in [1.29, 1.82) is 0 Å². The van der Waals surface area contributed by atoms with E-state index in [-0.39, 0.29) is 0 Å². The third kappa shape index (κ3) is 4.11. The third-order valence-electron chi connectivity index (χ3n) is 5.02. The molecule has 0 saturated carbocycles. The first-order valence-electron chi connectivity index (χ1n) is 8.97. The van der Waals surface area contributed by atoms with Crippen molar-refractivity contribution in [3.05, 3.63) is 36.2 Å². The van der Waals surface area contributed by atoms with Crippen molar-refractivity contribution in [2.75, 3.05) is 50.2 Å². The molecule has 8 nitrogen and oxygen atoms in total. The van der Waals surface area contributed by atoms with Crippen molar-refractivity contribution in [1.82, 2.24) is 14.9 Å². The van der Waals surface area contributed by atoms with Crippen LogP contribution in [0.1, 0.15) is 23.2 Å². The van der Waals surface area contributed by atoms with Gasteiger partial charge in [0.1, 0.15) is 12.0 Å². The topological polar surface area (TPSA) is 96.6 Å². The molecule has 1 aromatic carbocycles. The van der Waals surface area contributed by atoms with E-state index in [4.69, 9.17) is 10.5 Å². The van der Waals surface area contributed by atoms with Gasteiger partial charge in [0.2, 0.25) is 0 Å². The number of nitrogen functional groups attached to an aromatic ring is 1. The van der Waals surface area contributed by atoms with Crippen LogP contribution in [-0.2, 0) is 4.74 Å². The van der Waals surface area contributed by atoms with Crippen molar-refractivity contribution in [2.24, 2.45) is 0 Å². The number of carbonyl (C=O) groups is 1. The number of carbonyl (C=O) groups excluding carboxylic acids is 1. The second kappa shape index (κ2) is 8.22. The lowest BCUT2D eigenvalue weighted by Crippen LogP contribution is -2.42. The van der Waals surface area contributed by atoms with Crippen molar-refractivity contribution in [3.63, 3.8) is 0 Å². The van der Waals surface area contributed by atoms with Crippen LogP contribution in [0.3, 0.4) is 0 Å². The number of rotatable bonds is 5. The van der Waals surface area contributed by atoms with Crippen LogP contribution >= 0.6 is 0 Å². The Labute approximate surface area is 159 Å². The maximum absolute atomic E-state index is 12.0. The highest BCUT2D eigenvalue weighted by Gasteiger charge is 2.24. The Morgan fingerprint density at radius 2 is 2.00 bits per heavy atom. The second-order valence-electron chi connectivity index (χ2n) is 6.77. The van der Waals surface area contributed by atoms with Crippen LogP contribution in [0.25, 0.3) is 0 Å². The maximum Gasteiger partial charge on any atom is 0.339 e. The highest BCUT2D eigenvalue weighted by atomic mass is 16.5. The predicted octanol–water partition coefficient (Wildman–Crippen LogP) is 2.12. The van der Waals surface area contributed by atoms with Crippen LogP contribution in [0.15, 0.2) is 30.6 Å². The first kappa shape index (κ1) is 18.9. The fraction of sp³-hybridized carbons (Fsp3) is 0.421. The number of aromatic nitrogens is 2. The van der Waals surface area contributed by atoms with Gasteiger partial charge in [-0.05, 0) is 45.1 Å². The molecular weight excluding hydrogens is 344 g/mol. The standard InChI is InChI=1S/C19H26N6O2/c1-24-10-8-13(9-11-24)25(2)18-16(20)17(21-12-22-18)23-15-7-5-4-6-14(15)19(26)27-3/h4-7,12-13H,8-11,20H2,1-3H3,(H,21,22,23). The normalized spacial score (nSPS) is 15.4. The van der Waals surface area contributed by atoms with Gasteiger partial charge in [-0.3, -0.25) is 0 Å². The van der Waals surface area contributed by atoms with Crippen LogP contribution in [0, 0.1) is 0 Å². The van der Waals surface area contributed by atoms with Gasteiger partial charge in [0.15, 0.2) is 11.6 Å². The maximum atomic E-state index is 12.0. The molecule has 0 amide bonds. The van der Waals surface area contributed by atoms with Crippen molar-refractivity contribution in [3.8, 4) is 0 Å². The number of para-hydroxylation sites is 1. The number of methoxy groups -OCH3 is 1. The fourth-order valence-electron chi connectivity index (χ4n) is 3.33.